The molecule has 5 atom stereocenters. The van der Waals surface area contributed by atoms with Crippen molar-refractivity contribution in [1.82, 2.24) is 26.2 Å². The Morgan fingerprint density at radius 2 is 1.54 bits per heavy atom. The SMILES string of the molecule is CC(C)CC(NC(=O)C(Cc1ccccc1)NC(=O)C(CCCCN)NC(=O)C1CCCN1C(=O)CNC(=O)C(N)CC(=O)O)C(=O)O. The van der Waals surface area contributed by atoms with E-state index in [0.29, 0.717) is 37.8 Å². The van der Waals surface area contributed by atoms with Crippen molar-refractivity contribution in [3.05, 3.63) is 35.9 Å². The summed E-state index contributed by atoms with van der Waals surface area (Å²) in [5, 5.41) is 28.8. The van der Waals surface area contributed by atoms with Gasteiger partial charge in [-0.25, -0.2) is 4.79 Å². The van der Waals surface area contributed by atoms with E-state index < -0.39 is 84.6 Å². The van der Waals surface area contributed by atoms with Gasteiger partial charge in [-0.1, -0.05) is 44.2 Å². The smallest absolute Gasteiger partial charge is 0.326 e. The van der Waals surface area contributed by atoms with Crippen molar-refractivity contribution in [3.63, 3.8) is 0 Å². The summed E-state index contributed by atoms with van der Waals surface area (Å²) in [6, 6.07) is 3.14. The number of benzene rings is 1. The Balaban J connectivity index is 2.19. The number of nitrogens with one attached hydrogen (secondary N) is 4. The van der Waals surface area contributed by atoms with Crippen LogP contribution in [0.3, 0.4) is 0 Å². The van der Waals surface area contributed by atoms with E-state index in [0.717, 1.165) is 0 Å². The van der Waals surface area contributed by atoms with E-state index in [1.807, 2.05) is 13.8 Å². The van der Waals surface area contributed by atoms with Crippen LogP contribution in [-0.2, 0) is 40.0 Å². The zero-order chi connectivity index (χ0) is 35.8. The van der Waals surface area contributed by atoms with Gasteiger partial charge >= 0.3 is 11.9 Å². The molecule has 0 bridgehead atoms. The first-order chi connectivity index (χ1) is 22.7. The first-order valence-electron chi connectivity index (χ1n) is 16.2. The fourth-order valence-corrected chi connectivity index (χ4v) is 5.34. The number of carboxylic acid groups (broad SMARTS) is 2. The van der Waals surface area contributed by atoms with E-state index in [1.165, 1.54) is 4.90 Å². The number of likely N-dealkylation sites (tertiary alicyclic amines) is 1. The highest BCUT2D eigenvalue weighted by atomic mass is 16.4. The summed E-state index contributed by atoms with van der Waals surface area (Å²) in [5.74, 6) is -5.86. The number of nitrogens with two attached hydrogens (primary N) is 2. The molecule has 5 amide bonds. The fourth-order valence-electron chi connectivity index (χ4n) is 5.34. The minimum absolute atomic E-state index is 0.0245. The predicted octanol–water partition coefficient (Wildman–Crippen LogP) is -1.15. The van der Waals surface area contributed by atoms with Crippen LogP contribution in [0.15, 0.2) is 30.3 Å². The van der Waals surface area contributed by atoms with Gasteiger partial charge in [-0.05, 0) is 56.6 Å². The largest absolute Gasteiger partial charge is 0.481 e. The molecule has 16 nitrogen and oxygen atoms in total. The molecule has 0 aliphatic carbocycles. The molecule has 1 saturated heterocycles. The number of rotatable bonds is 20. The molecule has 5 unspecified atom stereocenters. The Labute approximate surface area is 279 Å². The first kappa shape index (κ1) is 39.6. The van der Waals surface area contributed by atoms with E-state index in [2.05, 4.69) is 21.3 Å². The molecule has 1 aromatic rings. The lowest BCUT2D eigenvalue weighted by Crippen LogP contribution is -2.58. The second-order valence-electron chi connectivity index (χ2n) is 12.3. The number of nitrogens with zero attached hydrogens (tertiary/aromatic N) is 1. The number of unbranched alkanes of at least 4 members (excludes halogenated alkanes) is 1. The summed E-state index contributed by atoms with van der Waals surface area (Å²) in [4.78, 5) is 89.6. The van der Waals surface area contributed by atoms with Crippen molar-refractivity contribution >= 4 is 41.5 Å². The predicted molar refractivity (Wildman–Crippen MR) is 174 cm³/mol. The van der Waals surface area contributed by atoms with Gasteiger partial charge < -0.3 is 47.8 Å². The zero-order valence-electron chi connectivity index (χ0n) is 27.5. The molecule has 1 aliphatic rings. The van der Waals surface area contributed by atoms with E-state index in [1.54, 1.807) is 30.3 Å². The second-order valence-corrected chi connectivity index (χ2v) is 12.3. The summed E-state index contributed by atoms with van der Waals surface area (Å²) in [5.41, 5.74) is 11.9. The summed E-state index contributed by atoms with van der Waals surface area (Å²) < 4.78 is 0. The number of aliphatic carboxylic acids is 2. The van der Waals surface area contributed by atoms with Gasteiger partial charge in [-0.3, -0.25) is 28.8 Å². The molecule has 48 heavy (non-hydrogen) atoms. The van der Waals surface area contributed by atoms with Crippen molar-refractivity contribution in [1.29, 1.82) is 0 Å². The fraction of sp³-hybridized carbons (Fsp3) is 0.594. The van der Waals surface area contributed by atoms with Crippen LogP contribution in [0.4, 0.5) is 0 Å². The summed E-state index contributed by atoms with van der Waals surface area (Å²) in [7, 11) is 0. The highest BCUT2D eigenvalue weighted by molar-refractivity contribution is 5.96. The molecule has 10 N–H and O–H groups in total. The van der Waals surface area contributed by atoms with Gasteiger partial charge in [0.05, 0.1) is 19.0 Å². The monoisotopic (exact) mass is 675 g/mol. The van der Waals surface area contributed by atoms with Crippen molar-refractivity contribution < 1.29 is 43.8 Å². The van der Waals surface area contributed by atoms with Crippen LogP contribution in [0, 0.1) is 5.92 Å². The van der Waals surface area contributed by atoms with Crippen LogP contribution < -0.4 is 32.7 Å². The third-order valence-electron chi connectivity index (χ3n) is 7.84. The number of hydrogen-bond donors (Lipinski definition) is 8. The van der Waals surface area contributed by atoms with Crippen LogP contribution in [0.5, 0.6) is 0 Å². The van der Waals surface area contributed by atoms with Crippen LogP contribution in [0.1, 0.15) is 64.4 Å². The Kier molecular flexibility index (Phi) is 16.5. The van der Waals surface area contributed by atoms with Gasteiger partial charge in [0.2, 0.25) is 29.5 Å². The molecule has 2 rings (SSSR count). The summed E-state index contributed by atoms with van der Waals surface area (Å²) in [6.45, 7) is 3.72. The Bertz CT molecular complexity index is 1280. The van der Waals surface area contributed by atoms with Crippen molar-refractivity contribution in [2.45, 2.75) is 95.4 Å². The molecule has 0 saturated carbocycles. The number of amides is 5. The summed E-state index contributed by atoms with van der Waals surface area (Å²) in [6.07, 6.45) is 1.61. The number of hydrogen-bond acceptors (Lipinski definition) is 9. The molecular weight excluding hydrogens is 626 g/mol. The topological polar surface area (TPSA) is 263 Å². The number of carboxylic acids is 2. The van der Waals surface area contributed by atoms with Gasteiger partial charge in [0.15, 0.2) is 0 Å². The standard InChI is InChI=1S/C32H49N7O9/c1-19(2)15-24(32(47)48)38-30(45)23(16-20-9-4-3-5-10-20)37-29(44)22(11-6-7-13-33)36-31(46)25-12-8-14-39(25)26(40)18-35-28(43)21(34)17-27(41)42/h3-5,9-10,19,21-25H,6-8,11-18,33-34H2,1-2H3,(H,35,43)(H,36,46)(H,37,44)(H,38,45)(H,41,42)(H,47,48). The van der Waals surface area contributed by atoms with Crippen LogP contribution in [-0.4, -0.2) is 106 Å². The van der Waals surface area contributed by atoms with E-state index in [9.17, 15) is 38.7 Å². The lowest BCUT2D eigenvalue weighted by Gasteiger charge is -2.28. The maximum atomic E-state index is 13.7. The molecule has 266 valence electrons. The average molecular weight is 676 g/mol. The molecule has 1 aliphatic heterocycles. The van der Waals surface area contributed by atoms with E-state index >= 15 is 0 Å². The molecule has 1 aromatic carbocycles. The van der Waals surface area contributed by atoms with Gasteiger partial charge in [-0.15, -0.1) is 0 Å². The number of carbonyl (C=O) groups is 7. The second kappa shape index (κ2) is 19.9. The first-order valence-corrected chi connectivity index (χ1v) is 16.2. The minimum Gasteiger partial charge on any atom is -0.481 e. The maximum Gasteiger partial charge on any atom is 0.326 e. The zero-order valence-corrected chi connectivity index (χ0v) is 27.5. The molecule has 16 heteroatoms. The highest BCUT2D eigenvalue weighted by Crippen LogP contribution is 2.18. The molecule has 1 heterocycles. The Morgan fingerprint density at radius 1 is 0.896 bits per heavy atom. The summed E-state index contributed by atoms with van der Waals surface area (Å²) >= 11 is 0. The third kappa shape index (κ3) is 13.3. The molecule has 0 aromatic heterocycles. The van der Waals surface area contributed by atoms with Gasteiger partial charge in [0.1, 0.15) is 24.2 Å². The van der Waals surface area contributed by atoms with Gasteiger partial charge in [-0.2, -0.15) is 0 Å². The third-order valence-corrected chi connectivity index (χ3v) is 7.84. The normalized spacial score (nSPS) is 16.7. The molecule has 0 spiro atoms. The molecular formula is C32H49N7O9. The highest BCUT2D eigenvalue weighted by Gasteiger charge is 2.37. The lowest BCUT2D eigenvalue weighted by molar-refractivity contribution is -0.143. The van der Waals surface area contributed by atoms with Gasteiger partial charge in [0.25, 0.3) is 0 Å². The number of carbonyl (C=O) groups excluding carboxylic acids is 5. The Hall–Kier alpha value is -4.57. The lowest BCUT2D eigenvalue weighted by atomic mass is 10.0. The van der Waals surface area contributed by atoms with Crippen LogP contribution in [0.2, 0.25) is 0 Å². The maximum absolute atomic E-state index is 13.7. The van der Waals surface area contributed by atoms with Crippen LogP contribution in [0.25, 0.3) is 0 Å². The minimum atomic E-state index is -1.35. The van der Waals surface area contributed by atoms with Crippen LogP contribution >= 0.6 is 0 Å². The van der Waals surface area contributed by atoms with E-state index in [-0.39, 0.29) is 31.7 Å². The molecule has 1 fully saturated rings. The van der Waals surface area contributed by atoms with Gasteiger partial charge in [0, 0.05) is 13.0 Å². The van der Waals surface area contributed by atoms with Crippen molar-refractivity contribution in [2.24, 2.45) is 17.4 Å². The van der Waals surface area contributed by atoms with E-state index in [4.69, 9.17) is 16.6 Å². The van der Waals surface area contributed by atoms with Crippen molar-refractivity contribution in [2.75, 3.05) is 19.6 Å². The average Bonchev–Trinajstić information content (AvgIpc) is 3.52. The quantitative estimate of drug-likeness (QED) is 0.0765. The Morgan fingerprint density at radius 3 is 2.15 bits per heavy atom. The molecule has 0 radical (unpaired) electrons. The van der Waals surface area contributed by atoms with Crippen molar-refractivity contribution in [3.8, 4) is 0 Å².